The minimum Gasteiger partial charge on any atom is -0.463 e. The molecule has 4 nitrogen and oxygen atoms in total. The van der Waals surface area contributed by atoms with E-state index in [1.54, 1.807) is 7.11 Å². The molecule has 2 heterocycles. The maximum atomic E-state index is 11.6. The summed E-state index contributed by atoms with van der Waals surface area (Å²) in [5.74, 6) is 0.0346. The molecule has 0 aromatic carbocycles. The van der Waals surface area contributed by atoms with Gasteiger partial charge in [0.05, 0.1) is 12.5 Å². The van der Waals surface area contributed by atoms with Gasteiger partial charge in [-0.05, 0) is 19.3 Å². The minimum absolute atomic E-state index is 0.0539. The molecular weight excluding hydrogens is 182 g/mol. The lowest BCUT2D eigenvalue weighted by atomic mass is 9.89. The molecule has 0 aromatic heterocycles. The number of esters is 1. The van der Waals surface area contributed by atoms with Crippen molar-refractivity contribution in [3.63, 3.8) is 0 Å². The Bertz CT molecular complexity index is 219. The molecule has 2 saturated heterocycles. The zero-order valence-electron chi connectivity index (χ0n) is 8.49. The normalized spacial score (nSPS) is 34.8. The monoisotopic (exact) mass is 199 g/mol. The average molecular weight is 199 g/mol. The molecule has 0 aliphatic carbocycles. The molecule has 2 aliphatic heterocycles. The van der Waals surface area contributed by atoms with Gasteiger partial charge in [-0.15, -0.1) is 0 Å². The smallest absolute Gasteiger partial charge is 0.310 e. The second-order valence-corrected chi connectivity index (χ2v) is 4.05. The highest BCUT2D eigenvalue weighted by molar-refractivity contribution is 5.74. The van der Waals surface area contributed by atoms with Gasteiger partial charge in [-0.1, -0.05) is 0 Å². The lowest BCUT2D eigenvalue weighted by Crippen LogP contribution is -2.30. The van der Waals surface area contributed by atoms with E-state index in [1.807, 2.05) is 0 Å². The van der Waals surface area contributed by atoms with Gasteiger partial charge in [-0.25, -0.2) is 0 Å². The lowest BCUT2D eigenvalue weighted by molar-refractivity contribution is -0.150. The quantitative estimate of drug-likeness (QED) is 0.523. The topological polar surface area (TPSA) is 47.6 Å². The third-order valence-electron chi connectivity index (χ3n) is 3.13. The molecule has 1 N–H and O–H groups in total. The largest absolute Gasteiger partial charge is 0.463 e. The summed E-state index contributed by atoms with van der Waals surface area (Å²) in [7, 11) is 1.60. The van der Waals surface area contributed by atoms with Crippen LogP contribution in [0.1, 0.15) is 19.3 Å². The molecule has 0 saturated carbocycles. The summed E-state index contributed by atoms with van der Waals surface area (Å²) in [4.78, 5) is 11.6. The van der Waals surface area contributed by atoms with Crippen molar-refractivity contribution in [1.29, 1.82) is 0 Å². The predicted molar refractivity (Wildman–Crippen MR) is 50.9 cm³/mol. The van der Waals surface area contributed by atoms with Gasteiger partial charge in [0.2, 0.25) is 0 Å². The van der Waals surface area contributed by atoms with Crippen molar-refractivity contribution in [3.8, 4) is 0 Å². The van der Waals surface area contributed by atoms with Crippen LogP contribution in [0, 0.1) is 5.92 Å². The summed E-state index contributed by atoms with van der Waals surface area (Å²) >= 11 is 0. The van der Waals surface area contributed by atoms with Crippen LogP contribution >= 0.6 is 0 Å². The summed E-state index contributed by atoms with van der Waals surface area (Å²) in [5.41, 5.74) is 0. The Labute approximate surface area is 84.0 Å². The van der Waals surface area contributed by atoms with E-state index in [2.05, 4.69) is 5.32 Å². The fraction of sp³-hybridized carbons (Fsp3) is 0.900. The lowest BCUT2D eigenvalue weighted by Gasteiger charge is -2.18. The van der Waals surface area contributed by atoms with E-state index in [9.17, 15) is 4.79 Å². The zero-order chi connectivity index (χ0) is 9.97. The Balaban J connectivity index is 1.75. The summed E-state index contributed by atoms with van der Waals surface area (Å²) in [6.45, 7) is 0.864. The van der Waals surface area contributed by atoms with E-state index < -0.39 is 0 Å². The Morgan fingerprint density at radius 2 is 2.29 bits per heavy atom. The van der Waals surface area contributed by atoms with Gasteiger partial charge in [0.15, 0.2) is 0 Å². The fourth-order valence-corrected chi connectivity index (χ4v) is 2.42. The Morgan fingerprint density at radius 1 is 1.43 bits per heavy atom. The van der Waals surface area contributed by atoms with E-state index >= 15 is 0 Å². The number of hydrogen-bond donors (Lipinski definition) is 1. The van der Waals surface area contributed by atoms with Crippen molar-refractivity contribution in [3.05, 3.63) is 0 Å². The predicted octanol–water partition coefficient (Wildman–Crippen LogP) is 0.317. The molecule has 2 fully saturated rings. The van der Waals surface area contributed by atoms with Gasteiger partial charge in [-0.3, -0.25) is 4.79 Å². The maximum Gasteiger partial charge on any atom is 0.310 e. The van der Waals surface area contributed by atoms with E-state index in [0.29, 0.717) is 25.3 Å². The zero-order valence-corrected chi connectivity index (χ0v) is 8.49. The van der Waals surface area contributed by atoms with Crippen molar-refractivity contribution in [1.82, 2.24) is 5.32 Å². The van der Waals surface area contributed by atoms with E-state index in [-0.39, 0.29) is 11.9 Å². The number of nitrogens with one attached hydrogen (secondary N) is 1. The second kappa shape index (κ2) is 4.28. The van der Waals surface area contributed by atoms with Crippen LogP contribution in [-0.4, -0.2) is 38.4 Å². The minimum atomic E-state index is -0.0539. The van der Waals surface area contributed by atoms with Crippen LogP contribution in [0.5, 0.6) is 0 Å². The number of carbonyl (C=O) groups is 1. The van der Waals surface area contributed by atoms with Gasteiger partial charge in [0, 0.05) is 19.2 Å². The number of methoxy groups -OCH3 is 1. The van der Waals surface area contributed by atoms with E-state index in [0.717, 1.165) is 12.8 Å². The van der Waals surface area contributed by atoms with Crippen LogP contribution < -0.4 is 5.32 Å². The number of fused-ring (bicyclic) bond motifs is 2. The summed E-state index contributed by atoms with van der Waals surface area (Å²) < 4.78 is 9.94. The molecule has 0 amide bonds. The standard InChI is InChI=1S/C10H17NO3/c1-13-4-5-14-10(12)8-6-7-2-3-9(8)11-7/h7-9,11H,2-6H2,1H3. The molecule has 3 unspecified atom stereocenters. The first-order valence-corrected chi connectivity index (χ1v) is 5.23. The van der Waals surface area contributed by atoms with Gasteiger partial charge >= 0.3 is 5.97 Å². The molecule has 4 heteroatoms. The Hall–Kier alpha value is -0.610. The summed E-state index contributed by atoms with van der Waals surface area (Å²) in [6, 6.07) is 0.926. The number of carbonyl (C=O) groups excluding carboxylic acids is 1. The van der Waals surface area contributed by atoms with Gasteiger partial charge in [-0.2, -0.15) is 0 Å². The van der Waals surface area contributed by atoms with Crippen molar-refractivity contribution in [2.75, 3.05) is 20.3 Å². The first-order valence-electron chi connectivity index (χ1n) is 5.23. The first-order chi connectivity index (χ1) is 6.81. The summed E-state index contributed by atoms with van der Waals surface area (Å²) in [6.07, 6.45) is 3.29. The molecule has 3 atom stereocenters. The number of ether oxygens (including phenoxy) is 2. The van der Waals surface area contributed by atoms with E-state index in [1.165, 1.54) is 6.42 Å². The van der Waals surface area contributed by atoms with Crippen LogP contribution in [-0.2, 0) is 14.3 Å². The van der Waals surface area contributed by atoms with E-state index in [4.69, 9.17) is 9.47 Å². The van der Waals surface area contributed by atoms with Crippen molar-refractivity contribution >= 4 is 5.97 Å². The van der Waals surface area contributed by atoms with Crippen molar-refractivity contribution < 1.29 is 14.3 Å². The van der Waals surface area contributed by atoms with Crippen molar-refractivity contribution in [2.45, 2.75) is 31.3 Å². The van der Waals surface area contributed by atoms with Crippen LogP contribution in [0.15, 0.2) is 0 Å². The first kappa shape index (κ1) is 9.93. The Kier molecular flexibility index (Phi) is 3.03. The Morgan fingerprint density at radius 3 is 2.86 bits per heavy atom. The maximum absolute atomic E-state index is 11.6. The molecule has 80 valence electrons. The van der Waals surface area contributed by atoms with Crippen molar-refractivity contribution in [2.24, 2.45) is 5.92 Å². The third kappa shape index (κ3) is 1.91. The third-order valence-corrected chi connectivity index (χ3v) is 3.13. The highest BCUT2D eigenvalue weighted by Crippen LogP contribution is 2.33. The molecular formula is C10H17NO3. The fourth-order valence-electron chi connectivity index (χ4n) is 2.42. The van der Waals surface area contributed by atoms with Gasteiger partial charge < -0.3 is 14.8 Å². The van der Waals surface area contributed by atoms with Gasteiger partial charge in [0.25, 0.3) is 0 Å². The molecule has 0 radical (unpaired) electrons. The number of rotatable bonds is 4. The molecule has 0 spiro atoms. The van der Waals surface area contributed by atoms with Crippen LogP contribution in [0.2, 0.25) is 0 Å². The summed E-state index contributed by atoms with van der Waals surface area (Å²) in [5, 5.41) is 3.42. The second-order valence-electron chi connectivity index (χ2n) is 4.05. The molecule has 2 bridgehead atoms. The average Bonchev–Trinajstić information content (AvgIpc) is 2.79. The highest BCUT2D eigenvalue weighted by Gasteiger charge is 2.43. The molecule has 14 heavy (non-hydrogen) atoms. The van der Waals surface area contributed by atoms with Crippen LogP contribution in [0.3, 0.4) is 0 Å². The molecule has 2 rings (SSSR count). The highest BCUT2D eigenvalue weighted by atomic mass is 16.6. The van der Waals surface area contributed by atoms with Gasteiger partial charge in [0.1, 0.15) is 6.61 Å². The van der Waals surface area contributed by atoms with Crippen LogP contribution in [0.25, 0.3) is 0 Å². The van der Waals surface area contributed by atoms with Crippen LogP contribution in [0.4, 0.5) is 0 Å². The SMILES string of the molecule is COCCOC(=O)C1CC2CCC1N2. The number of hydrogen-bond acceptors (Lipinski definition) is 4. The molecule has 0 aromatic rings. The molecule has 2 aliphatic rings.